The van der Waals surface area contributed by atoms with Crippen molar-refractivity contribution < 1.29 is 9.53 Å². The highest BCUT2D eigenvalue weighted by Gasteiger charge is 2.49. The highest BCUT2D eigenvalue weighted by molar-refractivity contribution is 5.81. The zero-order valence-electron chi connectivity index (χ0n) is 11.0. The van der Waals surface area contributed by atoms with Crippen molar-refractivity contribution in [1.82, 2.24) is 5.32 Å². The van der Waals surface area contributed by atoms with Gasteiger partial charge in [-0.25, -0.2) is 0 Å². The Morgan fingerprint density at radius 3 is 2.75 bits per heavy atom. The molecule has 0 spiro atoms. The molecule has 3 atom stereocenters. The molecule has 3 nitrogen and oxygen atoms in total. The van der Waals surface area contributed by atoms with Gasteiger partial charge in [0.1, 0.15) is 5.54 Å². The van der Waals surface area contributed by atoms with E-state index in [1.165, 1.54) is 7.11 Å². The lowest BCUT2D eigenvalue weighted by atomic mass is 9.84. The Kier molecular flexibility index (Phi) is 4.78. The molecule has 1 aliphatic rings. The second-order valence-electron chi connectivity index (χ2n) is 4.91. The molecule has 1 rings (SSSR count). The molecule has 16 heavy (non-hydrogen) atoms. The molecule has 0 radical (unpaired) electrons. The second-order valence-corrected chi connectivity index (χ2v) is 4.91. The van der Waals surface area contributed by atoms with E-state index in [2.05, 4.69) is 26.1 Å². The molecule has 3 heteroatoms. The summed E-state index contributed by atoms with van der Waals surface area (Å²) in [5, 5.41) is 3.52. The first kappa shape index (κ1) is 13.5. The summed E-state index contributed by atoms with van der Waals surface area (Å²) in [6.07, 6.45) is 5.25. The van der Waals surface area contributed by atoms with E-state index in [9.17, 15) is 4.79 Å². The van der Waals surface area contributed by atoms with E-state index in [1.807, 2.05) is 0 Å². The largest absolute Gasteiger partial charge is 0.468 e. The van der Waals surface area contributed by atoms with Crippen LogP contribution in [0.25, 0.3) is 0 Å². The maximum absolute atomic E-state index is 12.1. The average Bonchev–Trinajstić information content (AvgIpc) is 2.71. The molecule has 0 saturated heterocycles. The van der Waals surface area contributed by atoms with Crippen molar-refractivity contribution in [3.05, 3.63) is 0 Å². The van der Waals surface area contributed by atoms with Crippen molar-refractivity contribution in [2.75, 3.05) is 7.11 Å². The molecule has 0 aromatic carbocycles. The van der Waals surface area contributed by atoms with Crippen molar-refractivity contribution in [2.45, 2.75) is 64.5 Å². The zero-order valence-corrected chi connectivity index (χ0v) is 11.0. The number of methoxy groups -OCH3 is 1. The van der Waals surface area contributed by atoms with Crippen LogP contribution in [0.5, 0.6) is 0 Å². The van der Waals surface area contributed by atoms with E-state index >= 15 is 0 Å². The van der Waals surface area contributed by atoms with Crippen LogP contribution in [-0.2, 0) is 9.53 Å². The fourth-order valence-electron chi connectivity index (χ4n) is 2.87. The van der Waals surface area contributed by atoms with Crippen molar-refractivity contribution in [3.8, 4) is 0 Å². The van der Waals surface area contributed by atoms with Crippen molar-refractivity contribution in [3.63, 3.8) is 0 Å². The molecule has 0 aromatic heterocycles. The summed E-state index contributed by atoms with van der Waals surface area (Å²) in [6.45, 7) is 6.43. The predicted octanol–water partition coefficient (Wildman–Crippen LogP) is 2.50. The fraction of sp³-hybridized carbons (Fsp3) is 0.923. The molecule has 0 amide bonds. The summed E-state index contributed by atoms with van der Waals surface area (Å²) in [7, 11) is 1.49. The molecular formula is C13H25NO2. The van der Waals surface area contributed by atoms with Crippen molar-refractivity contribution in [1.29, 1.82) is 0 Å². The van der Waals surface area contributed by atoms with E-state index in [1.54, 1.807) is 0 Å². The predicted molar refractivity (Wildman–Crippen MR) is 65.3 cm³/mol. The van der Waals surface area contributed by atoms with E-state index in [0.29, 0.717) is 12.0 Å². The molecular weight excluding hydrogens is 202 g/mol. The third kappa shape index (κ3) is 2.40. The van der Waals surface area contributed by atoms with Crippen LogP contribution in [0.15, 0.2) is 0 Å². The number of carbonyl (C=O) groups excluding carboxylic acids is 1. The zero-order chi connectivity index (χ0) is 12.2. The highest BCUT2D eigenvalue weighted by Crippen LogP contribution is 2.39. The Balaban J connectivity index is 2.87. The third-order valence-corrected chi connectivity index (χ3v) is 3.98. The van der Waals surface area contributed by atoms with Crippen LogP contribution in [0, 0.1) is 5.92 Å². The Morgan fingerprint density at radius 1 is 1.56 bits per heavy atom. The minimum absolute atomic E-state index is 0.0721. The van der Waals surface area contributed by atoms with Gasteiger partial charge in [0.05, 0.1) is 7.11 Å². The van der Waals surface area contributed by atoms with Crippen LogP contribution in [0.3, 0.4) is 0 Å². The van der Waals surface area contributed by atoms with Crippen LogP contribution < -0.4 is 5.32 Å². The Labute approximate surface area is 98.9 Å². The van der Waals surface area contributed by atoms with Crippen LogP contribution in [-0.4, -0.2) is 24.7 Å². The van der Waals surface area contributed by atoms with Crippen molar-refractivity contribution in [2.24, 2.45) is 5.92 Å². The maximum Gasteiger partial charge on any atom is 0.326 e. The Hall–Kier alpha value is -0.570. The van der Waals surface area contributed by atoms with Gasteiger partial charge in [0.15, 0.2) is 0 Å². The van der Waals surface area contributed by atoms with Gasteiger partial charge in [0.2, 0.25) is 0 Å². The first-order chi connectivity index (χ1) is 7.60. The van der Waals surface area contributed by atoms with Gasteiger partial charge in [-0.15, -0.1) is 0 Å². The molecule has 1 saturated carbocycles. The van der Waals surface area contributed by atoms with Crippen LogP contribution >= 0.6 is 0 Å². The van der Waals surface area contributed by atoms with Gasteiger partial charge in [0.25, 0.3) is 0 Å². The number of rotatable bonds is 5. The summed E-state index contributed by atoms with van der Waals surface area (Å²) >= 11 is 0. The molecule has 3 unspecified atom stereocenters. The lowest BCUT2D eigenvalue weighted by molar-refractivity contribution is -0.151. The number of hydrogen-bond donors (Lipinski definition) is 1. The number of nitrogens with one attached hydrogen (secondary N) is 1. The quantitative estimate of drug-likeness (QED) is 0.733. The number of hydrogen-bond acceptors (Lipinski definition) is 3. The standard InChI is InChI=1S/C13H25NO2/c1-5-10(3)14-13(12(15)16-4)9-7-8-11(13)6-2/h10-11,14H,5-9H2,1-4H3. The van der Waals surface area contributed by atoms with Gasteiger partial charge >= 0.3 is 5.97 Å². The topological polar surface area (TPSA) is 38.3 Å². The van der Waals surface area contributed by atoms with E-state index in [-0.39, 0.29) is 5.97 Å². The van der Waals surface area contributed by atoms with Crippen LogP contribution in [0.4, 0.5) is 0 Å². The molecule has 94 valence electrons. The maximum atomic E-state index is 12.1. The summed E-state index contributed by atoms with van der Waals surface area (Å²) in [6, 6.07) is 0.367. The average molecular weight is 227 g/mol. The van der Waals surface area contributed by atoms with Gasteiger partial charge in [0, 0.05) is 6.04 Å². The minimum Gasteiger partial charge on any atom is -0.468 e. The van der Waals surface area contributed by atoms with Gasteiger partial charge < -0.3 is 4.74 Å². The first-order valence-electron chi connectivity index (χ1n) is 6.46. The van der Waals surface area contributed by atoms with Crippen LogP contribution in [0.2, 0.25) is 0 Å². The molecule has 1 fully saturated rings. The Morgan fingerprint density at radius 2 is 2.25 bits per heavy atom. The highest BCUT2D eigenvalue weighted by atomic mass is 16.5. The molecule has 0 bridgehead atoms. The summed E-state index contributed by atoms with van der Waals surface area (Å²) in [4.78, 5) is 12.1. The molecule has 1 aliphatic carbocycles. The Bertz CT molecular complexity index is 242. The van der Waals surface area contributed by atoms with Gasteiger partial charge in [-0.2, -0.15) is 0 Å². The van der Waals surface area contributed by atoms with Crippen LogP contribution in [0.1, 0.15) is 52.9 Å². The van der Waals surface area contributed by atoms with Gasteiger partial charge in [-0.3, -0.25) is 10.1 Å². The fourth-order valence-corrected chi connectivity index (χ4v) is 2.87. The summed E-state index contributed by atoms with van der Waals surface area (Å²) in [5.74, 6) is 0.353. The normalized spacial score (nSPS) is 31.4. The number of esters is 1. The third-order valence-electron chi connectivity index (χ3n) is 3.98. The lowest BCUT2D eigenvalue weighted by Crippen LogP contribution is -2.58. The minimum atomic E-state index is -0.418. The number of carbonyl (C=O) groups is 1. The first-order valence-corrected chi connectivity index (χ1v) is 6.46. The SMILES string of the molecule is CCC(C)NC1(C(=O)OC)CCCC1CC. The lowest BCUT2D eigenvalue weighted by Gasteiger charge is -2.36. The van der Waals surface area contributed by atoms with E-state index in [0.717, 1.165) is 32.1 Å². The smallest absolute Gasteiger partial charge is 0.326 e. The number of ether oxygens (including phenoxy) is 1. The molecule has 0 aliphatic heterocycles. The van der Waals surface area contributed by atoms with E-state index < -0.39 is 5.54 Å². The monoisotopic (exact) mass is 227 g/mol. The molecule has 0 heterocycles. The van der Waals surface area contributed by atoms with Crippen molar-refractivity contribution >= 4 is 5.97 Å². The molecule has 0 aromatic rings. The summed E-state index contributed by atoms with van der Waals surface area (Å²) < 4.78 is 5.01. The van der Waals surface area contributed by atoms with Gasteiger partial charge in [-0.1, -0.05) is 26.7 Å². The molecule has 1 N–H and O–H groups in total. The van der Waals surface area contributed by atoms with Gasteiger partial charge in [-0.05, 0) is 32.1 Å². The second kappa shape index (κ2) is 5.67. The summed E-state index contributed by atoms with van der Waals surface area (Å²) in [5.41, 5.74) is -0.418. The van der Waals surface area contributed by atoms with E-state index in [4.69, 9.17) is 4.74 Å².